The maximum atomic E-state index is 13.1. The van der Waals surface area contributed by atoms with E-state index >= 15 is 0 Å². The van der Waals surface area contributed by atoms with Crippen LogP contribution in [-0.2, 0) is 16.1 Å². The summed E-state index contributed by atoms with van der Waals surface area (Å²) >= 11 is 3.25. The van der Waals surface area contributed by atoms with Gasteiger partial charge in [0.2, 0.25) is 0 Å². The Labute approximate surface area is 142 Å². The van der Waals surface area contributed by atoms with Crippen molar-refractivity contribution in [2.24, 2.45) is 0 Å². The van der Waals surface area contributed by atoms with Gasteiger partial charge in [-0.2, -0.15) is 0 Å². The molecule has 0 unspecified atom stereocenters. The Hall–Kier alpha value is -2.21. The Morgan fingerprint density at radius 2 is 1.91 bits per heavy atom. The van der Waals surface area contributed by atoms with Crippen LogP contribution in [0.2, 0.25) is 0 Å². The van der Waals surface area contributed by atoms with Crippen molar-refractivity contribution in [3.63, 3.8) is 0 Å². The van der Waals surface area contributed by atoms with E-state index in [0.29, 0.717) is 15.6 Å². The van der Waals surface area contributed by atoms with Crippen molar-refractivity contribution in [1.82, 2.24) is 4.90 Å². The third-order valence-corrected chi connectivity index (χ3v) is 3.85. The predicted octanol–water partition coefficient (Wildman–Crippen LogP) is 3.40. The minimum absolute atomic E-state index is 0.239. The van der Waals surface area contributed by atoms with Crippen LogP contribution in [0, 0.1) is 5.82 Å². The topological polar surface area (TPSA) is 46.6 Å². The van der Waals surface area contributed by atoms with Crippen molar-refractivity contribution in [2.45, 2.75) is 6.54 Å². The largest absolute Gasteiger partial charge is 0.452 e. The minimum Gasteiger partial charge on any atom is -0.452 e. The molecule has 0 fully saturated rings. The van der Waals surface area contributed by atoms with Gasteiger partial charge in [-0.05, 0) is 45.8 Å². The van der Waals surface area contributed by atoms with Crippen molar-refractivity contribution in [3.05, 3.63) is 69.9 Å². The van der Waals surface area contributed by atoms with E-state index < -0.39 is 5.97 Å². The van der Waals surface area contributed by atoms with Crippen LogP contribution in [0.4, 0.5) is 4.39 Å². The molecule has 4 nitrogen and oxygen atoms in total. The second kappa shape index (κ2) is 7.87. The highest BCUT2D eigenvalue weighted by atomic mass is 79.9. The van der Waals surface area contributed by atoms with Gasteiger partial charge in [0.1, 0.15) is 5.82 Å². The Morgan fingerprint density at radius 1 is 1.17 bits per heavy atom. The van der Waals surface area contributed by atoms with Crippen LogP contribution >= 0.6 is 15.9 Å². The number of ether oxygens (including phenoxy) is 1. The summed E-state index contributed by atoms with van der Waals surface area (Å²) in [7, 11) is 1.57. The first-order chi connectivity index (χ1) is 11.0. The lowest BCUT2D eigenvalue weighted by Crippen LogP contribution is -2.30. The van der Waals surface area contributed by atoms with E-state index in [4.69, 9.17) is 4.74 Å². The number of carbonyl (C=O) groups is 2. The van der Waals surface area contributed by atoms with E-state index in [9.17, 15) is 14.0 Å². The van der Waals surface area contributed by atoms with E-state index in [1.54, 1.807) is 43.4 Å². The van der Waals surface area contributed by atoms with Crippen molar-refractivity contribution >= 4 is 27.8 Å². The third-order valence-electron chi connectivity index (χ3n) is 3.16. The number of likely N-dealkylation sites (N-methyl/N-ethyl adjacent to an activating group) is 1. The van der Waals surface area contributed by atoms with Gasteiger partial charge in [-0.3, -0.25) is 4.79 Å². The number of rotatable bonds is 5. The van der Waals surface area contributed by atoms with Crippen LogP contribution in [0.25, 0.3) is 0 Å². The zero-order valence-corrected chi connectivity index (χ0v) is 14.0. The highest BCUT2D eigenvalue weighted by Crippen LogP contribution is 2.16. The average Bonchev–Trinajstić information content (AvgIpc) is 2.52. The molecule has 0 heterocycles. The van der Waals surface area contributed by atoms with Crippen LogP contribution in [-0.4, -0.2) is 30.4 Å². The number of esters is 1. The Morgan fingerprint density at radius 3 is 2.61 bits per heavy atom. The van der Waals surface area contributed by atoms with Gasteiger partial charge in [0, 0.05) is 18.1 Å². The third kappa shape index (κ3) is 4.89. The molecule has 1 amide bonds. The standard InChI is InChI=1S/C17H15BrFNO3/c1-20(10-12-5-4-6-13(19)9-12)16(21)11-23-17(22)14-7-2-3-8-15(14)18/h2-9H,10-11H2,1H3. The minimum atomic E-state index is -0.579. The molecule has 6 heteroatoms. The lowest BCUT2D eigenvalue weighted by Gasteiger charge is -2.17. The van der Waals surface area contributed by atoms with Gasteiger partial charge >= 0.3 is 5.97 Å². The summed E-state index contributed by atoms with van der Waals surface area (Å²) in [6.45, 7) is -0.130. The van der Waals surface area contributed by atoms with Crippen molar-refractivity contribution in [3.8, 4) is 0 Å². The number of benzene rings is 2. The van der Waals surface area contributed by atoms with E-state index in [0.717, 1.165) is 0 Å². The van der Waals surface area contributed by atoms with E-state index in [2.05, 4.69) is 15.9 Å². The molecule has 0 spiro atoms. The van der Waals surface area contributed by atoms with Gasteiger partial charge in [-0.1, -0.05) is 24.3 Å². The van der Waals surface area contributed by atoms with Crippen LogP contribution in [0.5, 0.6) is 0 Å². The molecule has 0 aliphatic heterocycles. The maximum Gasteiger partial charge on any atom is 0.339 e. The highest BCUT2D eigenvalue weighted by Gasteiger charge is 2.15. The lowest BCUT2D eigenvalue weighted by atomic mass is 10.2. The van der Waals surface area contributed by atoms with Gasteiger partial charge < -0.3 is 9.64 Å². The fourth-order valence-corrected chi connectivity index (χ4v) is 2.39. The molecule has 0 radical (unpaired) electrons. The van der Waals surface area contributed by atoms with E-state index in [1.807, 2.05) is 0 Å². The van der Waals surface area contributed by atoms with Gasteiger partial charge in [-0.25, -0.2) is 9.18 Å². The van der Waals surface area contributed by atoms with Crippen LogP contribution in [0.1, 0.15) is 15.9 Å². The number of halogens is 2. The molecule has 2 aromatic rings. The average molecular weight is 380 g/mol. The molecule has 0 atom stereocenters. The lowest BCUT2D eigenvalue weighted by molar-refractivity contribution is -0.133. The molecular formula is C17H15BrFNO3. The molecule has 0 aliphatic rings. The molecule has 0 aromatic heterocycles. The maximum absolute atomic E-state index is 13.1. The van der Waals surface area contributed by atoms with Gasteiger partial charge in [0.15, 0.2) is 6.61 Å². The monoisotopic (exact) mass is 379 g/mol. The highest BCUT2D eigenvalue weighted by molar-refractivity contribution is 9.10. The van der Waals surface area contributed by atoms with Gasteiger partial charge in [-0.15, -0.1) is 0 Å². The molecule has 0 N–H and O–H groups in total. The number of nitrogens with zero attached hydrogens (tertiary/aromatic N) is 1. The molecule has 120 valence electrons. The summed E-state index contributed by atoms with van der Waals surface area (Å²) in [6, 6.07) is 12.8. The zero-order valence-electron chi connectivity index (χ0n) is 12.5. The number of hydrogen-bond donors (Lipinski definition) is 0. The first kappa shape index (κ1) is 17.1. The van der Waals surface area contributed by atoms with Gasteiger partial charge in [0.05, 0.1) is 5.56 Å². The normalized spacial score (nSPS) is 10.2. The molecule has 2 rings (SSSR count). The number of carbonyl (C=O) groups excluding carboxylic acids is 2. The summed E-state index contributed by atoms with van der Waals surface area (Å²) in [5, 5.41) is 0. The van der Waals surface area contributed by atoms with Crippen molar-refractivity contribution in [1.29, 1.82) is 0 Å². The van der Waals surface area contributed by atoms with E-state index in [1.165, 1.54) is 17.0 Å². The molecule has 23 heavy (non-hydrogen) atoms. The molecule has 0 saturated carbocycles. The van der Waals surface area contributed by atoms with Crippen LogP contribution < -0.4 is 0 Å². The molecule has 2 aromatic carbocycles. The quantitative estimate of drug-likeness (QED) is 0.747. The predicted molar refractivity (Wildman–Crippen MR) is 87.3 cm³/mol. The Kier molecular flexibility index (Phi) is 5.87. The smallest absolute Gasteiger partial charge is 0.339 e. The Bertz CT molecular complexity index is 720. The summed E-state index contributed by atoms with van der Waals surface area (Å²) in [5.74, 6) is -1.30. The SMILES string of the molecule is CN(Cc1cccc(F)c1)C(=O)COC(=O)c1ccccc1Br. The second-order valence-electron chi connectivity index (χ2n) is 4.94. The van der Waals surface area contributed by atoms with E-state index in [-0.39, 0.29) is 24.9 Å². The fourth-order valence-electron chi connectivity index (χ4n) is 1.94. The molecule has 0 bridgehead atoms. The van der Waals surface area contributed by atoms with Gasteiger partial charge in [0.25, 0.3) is 5.91 Å². The molecule has 0 saturated heterocycles. The molecular weight excluding hydrogens is 365 g/mol. The van der Waals surface area contributed by atoms with Crippen LogP contribution in [0.15, 0.2) is 53.0 Å². The summed E-state index contributed by atoms with van der Waals surface area (Å²) < 4.78 is 18.7. The second-order valence-corrected chi connectivity index (χ2v) is 5.79. The summed E-state index contributed by atoms with van der Waals surface area (Å²) in [6.07, 6.45) is 0. The first-order valence-corrected chi connectivity index (χ1v) is 7.66. The zero-order chi connectivity index (χ0) is 16.8. The summed E-state index contributed by atoms with van der Waals surface area (Å²) in [4.78, 5) is 25.3. The fraction of sp³-hybridized carbons (Fsp3) is 0.176. The Balaban J connectivity index is 1.89. The first-order valence-electron chi connectivity index (χ1n) is 6.87. The summed E-state index contributed by atoms with van der Waals surface area (Å²) in [5.41, 5.74) is 1.02. The van der Waals surface area contributed by atoms with Crippen molar-refractivity contribution < 1.29 is 18.7 Å². The molecule has 0 aliphatic carbocycles. The number of amides is 1. The van der Waals surface area contributed by atoms with Crippen LogP contribution in [0.3, 0.4) is 0 Å². The van der Waals surface area contributed by atoms with Crippen molar-refractivity contribution in [2.75, 3.05) is 13.7 Å². The number of hydrogen-bond acceptors (Lipinski definition) is 3.